The van der Waals surface area contributed by atoms with E-state index < -0.39 is 16.1 Å². The van der Waals surface area contributed by atoms with Gasteiger partial charge < -0.3 is 4.42 Å². The number of aryl methyl sites for hydroxylation is 1. The first-order chi connectivity index (χ1) is 10.9. The minimum atomic E-state index is -3.62. The Morgan fingerprint density at radius 1 is 1.26 bits per heavy atom. The number of hydrogen-bond donors (Lipinski definition) is 1. The fourth-order valence-corrected chi connectivity index (χ4v) is 3.08. The summed E-state index contributed by atoms with van der Waals surface area (Å²) in [6, 6.07) is 10.1. The van der Waals surface area contributed by atoms with Crippen molar-refractivity contribution in [3.8, 4) is 0 Å². The van der Waals surface area contributed by atoms with Crippen molar-refractivity contribution in [2.75, 3.05) is 0 Å². The fourth-order valence-electron chi connectivity index (χ4n) is 2.02. The number of benzene rings is 1. The molecule has 1 aromatic heterocycles. The van der Waals surface area contributed by atoms with Gasteiger partial charge in [0.25, 0.3) is 0 Å². The van der Waals surface area contributed by atoms with E-state index in [0.29, 0.717) is 0 Å². The molecule has 0 aliphatic carbocycles. The topological polar surface area (TPSA) is 76.4 Å². The Kier molecular flexibility index (Phi) is 5.52. The molecule has 1 heterocycles. The minimum Gasteiger partial charge on any atom is -0.461 e. The molecule has 2 rings (SSSR count). The van der Waals surface area contributed by atoms with Gasteiger partial charge in [-0.15, -0.1) is 0 Å². The van der Waals surface area contributed by atoms with Crippen LogP contribution in [0.5, 0.6) is 0 Å². The zero-order valence-electron chi connectivity index (χ0n) is 13.0. The van der Waals surface area contributed by atoms with Crippen LogP contribution in [0.25, 0.3) is 6.08 Å². The normalized spacial score (nSPS) is 13.3. The fraction of sp³-hybridized carbons (Fsp3) is 0.235. The summed E-state index contributed by atoms with van der Waals surface area (Å²) in [6.45, 7) is 3.60. The molecular weight excluding hydrogens is 314 g/mol. The van der Waals surface area contributed by atoms with Gasteiger partial charge in [0.05, 0.1) is 6.26 Å². The maximum Gasteiger partial charge on any atom is 0.233 e. The first-order valence-corrected chi connectivity index (χ1v) is 8.74. The third-order valence-corrected chi connectivity index (χ3v) is 4.40. The Hall–Kier alpha value is -2.18. The lowest BCUT2D eigenvalue weighted by Crippen LogP contribution is -2.32. The van der Waals surface area contributed by atoms with E-state index in [4.69, 9.17) is 4.42 Å². The van der Waals surface area contributed by atoms with Crippen molar-refractivity contribution in [1.82, 2.24) is 4.72 Å². The number of sulfonamides is 1. The summed E-state index contributed by atoms with van der Waals surface area (Å²) in [5, 5.41) is 1.10. The van der Waals surface area contributed by atoms with Crippen molar-refractivity contribution in [2.45, 2.75) is 26.3 Å². The molecule has 1 aromatic carbocycles. The first kappa shape index (κ1) is 17.2. The summed E-state index contributed by atoms with van der Waals surface area (Å²) in [4.78, 5) is 11.9. The number of furan rings is 1. The summed E-state index contributed by atoms with van der Waals surface area (Å²) in [6.07, 6.45) is 2.96. The summed E-state index contributed by atoms with van der Waals surface area (Å²) >= 11 is 0. The van der Waals surface area contributed by atoms with Crippen molar-refractivity contribution in [3.05, 3.63) is 65.0 Å². The SMILES string of the molecule is Cc1ccc(C=CS(=O)(=O)NC(C)CC(=O)c2ccco2)cc1. The second-order valence-corrected chi connectivity index (χ2v) is 6.98. The van der Waals surface area contributed by atoms with Gasteiger partial charge in [-0.3, -0.25) is 4.79 Å². The summed E-state index contributed by atoms with van der Waals surface area (Å²) in [5.41, 5.74) is 1.90. The number of carbonyl (C=O) groups excluding carboxylic acids is 1. The standard InChI is InChI=1S/C17H19NO4S/c1-13-5-7-15(8-6-13)9-11-23(20,21)18-14(2)12-16(19)17-4-3-10-22-17/h3-11,14,18H,12H2,1-2H3. The molecule has 1 atom stereocenters. The van der Waals surface area contributed by atoms with E-state index in [2.05, 4.69) is 4.72 Å². The Balaban J connectivity index is 1.94. The van der Waals surface area contributed by atoms with Gasteiger partial charge in [0.1, 0.15) is 0 Å². The maximum absolute atomic E-state index is 12.0. The average Bonchev–Trinajstić information content (AvgIpc) is 3.00. The molecule has 0 spiro atoms. The molecule has 0 saturated carbocycles. The van der Waals surface area contributed by atoms with Crippen molar-refractivity contribution < 1.29 is 17.6 Å². The minimum absolute atomic E-state index is 0.0329. The van der Waals surface area contributed by atoms with Crippen LogP contribution in [0.15, 0.2) is 52.5 Å². The van der Waals surface area contributed by atoms with Crippen molar-refractivity contribution >= 4 is 21.9 Å². The molecule has 0 aliphatic rings. The number of Topliss-reactive ketones (excluding diaryl/α,β-unsaturated/α-hetero) is 1. The quantitative estimate of drug-likeness (QED) is 0.790. The van der Waals surface area contributed by atoms with E-state index in [-0.39, 0.29) is 18.0 Å². The molecule has 23 heavy (non-hydrogen) atoms. The summed E-state index contributed by atoms with van der Waals surface area (Å²) in [7, 11) is -3.62. The van der Waals surface area contributed by atoms with Crippen LogP contribution in [0.1, 0.15) is 35.0 Å². The zero-order valence-corrected chi connectivity index (χ0v) is 13.8. The zero-order chi connectivity index (χ0) is 16.9. The van der Waals surface area contributed by atoms with Crippen LogP contribution in [0.3, 0.4) is 0 Å². The number of rotatable bonds is 7. The van der Waals surface area contributed by atoms with E-state index in [1.807, 2.05) is 31.2 Å². The van der Waals surface area contributed by atoms with Crippen LogP contribution in [-0.4, -0.2) is 20.2 Å². The van der Waals surface area contributed by atoms with E-state index in [0.717, 1.165) is 16.5 Å². The number of hydrogen-bond acceptors (Lipinski definition) is 4. The largest absolute Gasteiger partial charge is 0.461 e. The van der Waals surface area contributed by atoms with E-state index in [1.54, 1.807) is 19.1 Å². The molecule has 0 radical (unpaired) electrons. The van der Waals surface area contributed by atoms with Gasteiger partial charge in [-0.2, -0.15) is 0 Å². The lowest BCUT2D eigenvalue weighted by Gasteiger charge is -2.10. The average molecular weight is 333 g/mol. The molecule has 5 nitrogen and oxygen atoms in total. The highest BCUT2D eigenvalue weighted by molar-refractivity contribution is 7.92. The van der Waals surface area contributed by atoms with Gasteiger partial charge >= 0.3 is 0 Å². The molecule has 0 bridgehead atoms. The molecule has 122 valence electrons. The predicted octanol–water partition coefficient (Wildman–Crippen LogP) is 3.14. The van der Waals surface area contributed by atoms with Crippen LogP contribution in [-0.2, 0) is 10.0 Å². The second-order valence-electron chi connectivity index (χ2n) is 5.38. The lowest BCUT2D eigenvalue weighted by molar-refractivity contribution is 0.0948. The molecule has 0 fully saturated rings. The van der Waals surface area contributed by atoms with Gasteiger partial charge in [0.2, 0.25) is 10.0 Å². The van der Waals surface area contributed by atoms with E-state index in [9.17, 15) is 13.2 Å². The highest BCUT2D eigenvalue weighted by Crippen LogP contribution is 2.09. The van der Waals surface area contributed by atoms with Gasteiger partial charge in [0, 0.05) is 17.9 Å². The molecule has 2 aromatic rings. The van der Waals surface area contributed by atoms with Crippen LogP contribution < -0.4 is 4.72 Å². The van der Waals surface area contributed by atoms with Crippen molar-refractivity contribution in [3.63, 3.8) is 0 Å². The number of ketones is 1. The van der Waals surface area contributed by atoms with E-state index in [1.165, 1.54) is 12.3 Å². The molecule has 0 aliphatic heterocycles. The Morgan fingerprint density at radius 3 is 2.57 bits per heavy atom. The highest BCUT2D eigenvalue weighted by Gasteiger charge is 2.17. The third-order valence-electron chi connectivity index (χ3n) is 3.17. The number of nitrogens with one attached hydrogen (secondary N) is 1. The van der Waals surface area contributed by atoms with E-state index >= 15 is 0 Å². The van der Waals surface area contributed by atoms with Crippen LogP contribution in [0.4, 0.5) is 0 Å². The predicted molar refractivity (Wildman–Crippen MR) is 89.4 cm³/mol. The molecular formula is C17H19NO4S. The molecule has 1 unspecified atom stereocenters. The molecule has 6 heteroatoms. The molecule has 1 N–H and O–H groups in total. The highest BCUT2D eigenvalue weighted by atomic mass is 32.2. The molecule has 0 saturated heterocycles. The summed E-state index contributed by atoms with van der Waals surface area (Å²) < 4.78 is 31.5. The second kappa shape index (κ2) is 7.39. The van der Waals surface area contributed by atoms with Gasteiger partial charge in [-0.05, 0) is 37.6 Å². The lowest BCUT2D eigenvalue weighted by atomic mass is 10.1. The Bertz CT molecular complexity index is 775. The summed E-state index contributed by atoms with van der Waals surface area (Å²) in [5.74, 6) is -0.0149. The van der Waals surface area contributed by atoms with Gasteiger partial charge in [-0.25, -0.2) is 13.1 Å². The van der Waals surface area contributed by atoms with Crippen molar-refractivity contribution in [2.24, 2.45) is 0 Å². The Morgan fingerprint density at radius 2 is 1.96 bits per heavy atom. The monoisotopic (exact) mass is 333 g/mol. The van der Waals surface area contributed by atoms with Crippen LogP contribution >= 0.6 is 0 Å². The first-order valence-electron chi connectivity index (χ1n) is 7.19. The van der Waals surface area contributed by atoms with Crippen molar-refractivity contribution in [1.29, 1.82) is 0 Å². The van der Waals surface area contributed by atoms with Gasteiger partial charge in [-0.1, -0.05) is 29.8 Å². The maximum atomic E-state index is 12.0. The Labute approximate surface area is 136 Å². The third kappa shape index (κ3) is 5.50. The molecule has 0 amide bonds. The van der Waals surface area contributed by atoms with Crippen LogP contribution in [0, 0.1) is 6.92 Å². The smallest absolute Gasteiger partial charge is 0.233 e. The van der Waals surface area contributed by atoms with Crippen LogP contribution in [0.2, 0.25) is 0 Å². The number of carbonyl (C=O) groups is 1. The van der Waals surface area contributed by atoms with Gasteiger partial charge in [0.15, 0.2) is 11.5 Å².